The third-order valence-corrected chi connectivity index (χ3v) is 4.94. The smallest absolute Gasteiger partial charge is 0.0781 e. The van der Waals surface area contributed by atoms with Crippen molar-refractivity contribution in [2.24, 2.45) is 5.92 Å². The maximum Gasteiger partial charge on any atom is 0.0781 e. The SMILES string of the molecule is C[C@@H](O)c1ccccc1N1CCCC1C1CCCC1. The summed E-state index contributed by atoms with van der Waals surface area (Å²) in [6, 6.07) is 9.11. The van der Waals surface area contributed by atoms with Gasteiger partial charge in [0.1, 0.15) is 0 Å². The highest BCUT2D eigenvalue weighted by atomic mass is 16.3. The molecule has 0 aromatic heterocycles. The summed E-state index contributed by atoms with van der Waals surface area (Å²) in [6.45, 7) is 3.03. The lowest BCUT2D eigenvalue weighted by Crippen LogP contribution is -2.35. The van der Waals surface area contributed by atoms with Crippen LogP contribution in [0, 0.1) is 5.92 Å². The fourth-order valence-corrected chi connectivity index (χ4v) is 4.03. The van der Waals surface area contributed by atoms with Crippen LogP contribution in [-0.2, 0) is 0 Å². The molecule has 2 fully saturated rings. The minimum absolute atomic E-state index is 0.374. The van der Waals surface area contributed by atoms with Crippen LogP contribution in [0.2, 0.25) is 0 Å². The summed E-state index contributed by atoms with van der Waals surface area (Å²) in [5.41, 5.74) is 2.36. The van der Waals surface area contributed by atoms with E-state index in [0.29, 0.717) is 6.04 Å². The quantitative estimate of drug-likeness (QED) is 0.890. The Hall–Kier alpha value is -1.02. The molecule has 19 heavy (non-hydrogen) atoms. The Morgan fingerprint density at radius 1 is 1.11 bits per heavy atom. The molecule has 1 aromatic carbocycles. The number of anilines is 1. The summed E-state index contributed by atoms with van der Waals surface area (Å²) in [4.78, 5) is 2.58. The average molecular weight is 259 g/mol. The second-order valence-electron chi connectivity index (χ2n) is 6.18. The number of hydrogen-bond acceptors (Lipinski definition) is 2. The van der Waals surface area contributed by atoms with Crippen molar-refractivity contribution in [2.75, 3.05) is 11.4 Å². The van der Waals surface area contributed by atoms with Crippen LogP contribution in [0.4, 0.5) is 5.69 Å². The summed E-state index contributed by atoms with van der Waals surface area (Å²) in [6.07, 6.45) is 7.88. The van der Waals surface area contributed by atoms with E-state index in [2.05, 4.69) is 23.1 Å². The maximum absolute atomic E-state index is 9.99. The van der Waals surface area contributed by atoms with Crippen molar-refractivity contribution >= 4 is 5.69 Å². The first-order valence-electron chi connectivity index (χ1n) is 7.81. The molecule has 1 aliphatic carbocycles. The first-order valence-corrected chi connectivity index (χ1v) is 7.81. The molecule has 2 nitrogen and oxygen atoms in total. The zero-order valence-electron chi connectivity index (χ0n) is 11.9. The van der Waals surface area contributed by atoms with Gasteiger partial charge in [0, 0.05) is 23.8 Å². The van der Waals surface area contributed by atoms with E-state index in [-0.39, 0.29) is 6.10 Å². The number of nitrogens with zero attached hydrogens (tertiary/aromatic N) is 1. The van der Waals surface area contributed by atoms with E-state index in [9.17, 15) is 5.11 Å². The normalized spacial score (nSPS) is 26.0. The topological polar surface area (TPSA) is 23.5 Å². The third-order valence-electron chi connectivity index (χ3n) is 4.94. The van der Waals surface area contributed by atoms with Crippen molar-refractivity contribution < 1.29 is 5.11 Å². The van der Waals surface area contributed by atoms with Crippen molar-refractivity contribution in [3.8, 4) is 0 Å². The molecular weight excluding hydrogens is 234 g/mol. The molecule has 1 unspecified atom stereocenters. The molecule has 3 rings (SSSR count). The van der Waals surface area contributed by atoms with Crippen LogP contribution in [0.1, 0.15) is 57.1 Å². The highest BCUT2D eigenvalue weighted by Gasteiger charge is 2.34. The lowest BCUT2D eigenvalue weighted by Gasteiger charge is -2.33. The van der Waals surface area contributed by atoms with Crippen LogP contribution in [0.25, 0.3) is 0 Å². The van der Waals surface area contributed by atoms with E-state index in [0.717, 1.165) is 18.0 Å². The zero-order valence-corrected chi connectivity index (χ0v) is 11.9. The predicted octanol–water partition coefficient (Wildman–Crippen LogP) is 3.90. The summed E-state index contributed by atoms with van der Waals surface area (Å²) in [5, 5.41) is 9.99. The molecule has 2 atom stereocenters. The Balaban J connectivity index is 1.87. The van der Waals surface area contributed by atoms with Gasteiger partial charge in [-0.3, -0.25) is 0 Å². The molecule has 0 spiro atoms. The molecule has 0 amide bonds. The minimum Gasteiger partial charge on any atom is -0.389 e. The monoisotopic (exact) mass is 259 g/mol. The molecule has 2 aliphatic rings. The minimum atomic E-state index is -0.374. The number of benzene rings is 1. The Labute approximate surface area is 116 Å². The second-order valence-corrected chi connectivity index (χ2v) is 6.18. The van der Waals surface area contributed by atoms with Crippen molar-refractivity contribution in [3.63, 3.8) is 0 Å². The summed E-state index contributed by atoms with van der Waals surface area (Å²) in [7, 11) is 0. The van der Waals surface area contributed by atoms with Crippen LogP contribution < -0.4 is 4.90 Å². The van der Waals surface area contributed by atoms with Crippen LogP contribution >= 0.6 is 0 Å². The van der Waals surface area contributed by atoms with Gasteiger partial charge in [-0.15, -0.1) is 0 Å². The molecule has 0 bridgehead atoms. The van der Waals surface area contributed by atoms with Gasteiger partial charge in [0.05, 0.1) is 6.10 Å². The fourth-order valence-electron chi connectivity index (χ4n) is 4.03. The Kier molecular flexibility index (Phi) is 3.79. The highest BCUT2D eigenvalue weighted by molar-refractivity contribution is 5.56. The summed E-state index contributed by atoms with van der Waals surface area (Å²) >= 11 is 0. The van der Waals surface area contributed by atoms with Gasteiger partial charge in [0.25, 0.3) is 0 Å². The zero-order chi connectivity index (χ0) is 13.2. The van der Waals surface area contributed by atoms with Gasteiger partial charge in [-0.25, -0.2) is 0 Å². The van der Waals surface area contributed by atoms with E-state index in [1.165, 1.54) is 44.2 Å². The van der Waals surface area contributed by atoms with Crippen molar-refractivity contribution in [2.45, 2.75) is 57.6 Å². The van der Waals surface area contributed by atoms with Gasteiger partial charge in [-0.2, -0.15) is 0 Å². The third kappa shape index (κ3) is 2.51. The molecule has 1 saturated heterocycles. The first kappa shape index (κ1) is 13.0. The van der Waals surface area contributed by atoms with E-state index >= 15 is 0 Å². The second kappa shape index (κ2) is 5.54. The molecule has 1 aromatic rings. The Morgan fingerprint density at radius 3 is 2.58 bits per heavy atom. The molecule has 1 aliphatic heterocycles. The van der Waals surface area contributed by atoms with Gasteiger partial charge in [0.15, 0.2) is 0 Å². The number of para-hydroxylation sites is 1. The number of aliphatic hydroxyl groups is 1. The molecule has 1 heterocycles. The molecular formula is C17H25NO. The Morgan fingerprint density at radius 2 is 1.84 bits per heavy atom. The molecule has 1 saturated carbocycles. The van der Waals surface area contributed by atoms with Crippen LogP contribution in [0.5, 0.6) is 0 Å². The maximum atomic E-state index is 9.99. The number of aliphatic hydroxyl groups excluding tert-OH is 1. The van der Waals surface area contributed by atoms with Gasteiger partial charge in [0.2, 0.25) is 0 Å². The van der Waals surface area contributed by atoms with Crippen molar-refractivity contribution in [3.05, 3.63) is 29.8 Å². The lowest BCUT2D eigenvalue weighted by atomic mass is 9.95. The van der Waals surface area contributed by atoms with Crippen LogP contribution in [0.3, 0.4) is 0 Å². The summed E-state index contributed by atoms with van der Waals surface area (Å²) < 4.78 is 0. The molecule has 0 radical (unpaired) electrons. The predicted molar refractivity (Wildman–Crippen MR) is 79.4 cm³/mol. The largest absolute Gasteiger partial charge is 0.389 e. The Bertz CT molecular complexity index is 423. The molecule has 2 heteroatoms. The fraction of sp³-hybridized carbons (Fsp3) is 0.647. The lowest BCUT2D eigenvalue weighted by molar-refractivity contribution is 0.199. The standard InChI is InChI=1S/C17H25NO/c1-13(19)15-9-4-5-10-17(15)18-12-6-11-16(18)14-7-2-3-8-14/h4-5,9-10,13-14,16,19H,2-3,6-8,11-12H2,1H3/t13-,16?/m1/s1. The van der Waals surface area contributed by atoms with Crippen LogP contribution in [0.15, 0.2) is 24.3 Å². The summed E-state index contributed by atoms with van der Waals surface area (Å²) in [5.74, 6) is 0.879. The molecule has 1 N–H and O–H groups in total. The number of hydrogen-bond donors (Lipinski definition) is 1. The van der Waals surface area contributed by atoms with E-state index < -0.39 is 0 Å². The van der Waals surface area contributed by atoms with E-state index in [1.807, 2.05) is 13.0 Å². The van der Waals surface area contributed by atoms with Gasteiger partial charge >= 0.3 is 0 Å². The first-order chi connectivity index (χ1) is 9.27. The van der Waals surface area contributed by atoms with E-state index in [1.54, 1.807) is 0 Å². The van der Waals surface area contributed by atoms with Gasteiger partial charge < -0.3 is 10.0 Å². The number of rotatable bonds is 3. The van der Waals surface area contributed by atoms with Gasteiger partial charge in [-0.1, -0.05) is 31.0 Å². The molecule has 104 valence electrons. The van der Waals surface area contributed by atoms with Crippen LogP contribution in [-0.4, -0.2) is 17.7 Å². The highest BCUT2D eigenvalue weighted by Crippen LogP contribution is 2.39. The van der Waals surface area contributed by atoms with E-state index in [4.69, 9.17) is 0 Å². The van der Waals surface area contributed by atoms with Crippen molar-refractivity contribution in [1.29, 1.82) is 0 Å². The van der Waals surface area contributed by atoms with Gasteiger partial charge in [-0.05, 0) is 44.6 Å². The van der Waals surface area contributed by atoms with Crippen molar-refractivity contribution in [1.82, 2.24) is 0 Å². The average Bonchev–Trinajstić information content (AvgIpc) is 3.09.